The SMILES string of the molecule is C#Cc1cc(Cl)cc(-c2cn(Cc3ccccc3)nn2)c1-c1cccc2ccccc12. The molecule has 0 fully saturated rings. The predicted octanol–water partition coefficient (Wildman–Crippen LogP) is 6.45. The van der Waals surface area contributed by atoms with Crippen LogP contribution in [0, 0.1) is 12.3 Å². The Hall–Kier alpha value is -3.87. The Balaban J connectivity index is 1.68. The average molecular weight is 420 g/mol. The van der Waals surface area contributed by atoms with E-state index < -0.39 is 0 Å². The van der Waals surface area contributed by atoms with Crippen LogP contribution in [0.3, 0.4) is 0 Å². The van der Waals surface area contributed by atoms with Crippen molar-refractivity contribution in [3.8, 4) is 34.7 Å². The second kappa shape index (κ2) is 8.10. The summed E-state index contributed by atoms with van der Waals surface area (Å²) in [6.45, 7) is 0.639. The second-order valence-corrected chi connectivity index (χ2v) is 7.77. The summed E-state index contributed by atoms with van der Waals surface area (Å²) in [5.74, 6) is 2.82. The standard InChI is InChI=1S/C27H18ClN3/c1-2-20-15-22(28)16-25(26-18-31(30-29-26)17-19-9-4-3-5-10-19)27(20)24-14-8-12-21-11-6-7-13-23(21)24/h1,3-16,18H,17H2. The smallest absolute Gasteiger partial charge is 0.113 e. The fourth-order valence-electron chi connectivity index (χ4n) is 3.93. The molecule has 0 unspecified atom stereocenters. The van der Waals surface area contributed by atoms with Gasteiger partial charge in [-0.2, -0.15) is 0 Å². The van der Waals surface area contributed by atoms with E-state index in [1.165, 1.54) is 0 Å². The van der Waals surface area contributed by atoms with Crippen LogP contribution in [-0.4, -0.2) is 15.0 Å². The van der Waals surface area contributed by atoms with Crippen LogP contribution in [0.15, 0.2) is 91.1 Å². The van der Waals surface area contributed by atoms with Crippen molar-refractivity contribution in [3.63, 3.8) is 0 Å². The highest BCUT2D eigenvalue weighted by molar-refractivity contribution is 6.31. The van der Waals surface area contributed by atoms with E-state index in [1.54, 1.807) is 0 Å². The van der Waals surface area contributed by atoms with Gasteiger partial charge in [0, 0.05) is 21.7 Å². The number of fused-ring (bicyclic) bond motifs is 1. The lowest BCUT2D eigenvalue weighted by atomic mass is 9.90. The Morgan fingerprint density at radius 2 is 1.65 bits per heavy atom. The van der Waals surface area contributed by atoms with Crippen molar-refractivity contribution in [1.29, 1.82) is 0 Å². The molecule has 4 aromatic carbocycles. The number of nitrogens with zero attached hydrogens (tertiary/aromatic N) is 3. The van der Waals surface area contributed by atoms with E-state index in [-0.39, 0.29) is 0 Å². The lowest BCUT2D eigenvalue weighted by Crippen LogP contribution is -1.99. The molecule has 1 aromatic heterocycles. The average Bonchev–Trinajstić information content (AvgIpc) is 3.27. The van der Waals surface area contributed by atoms with Crippen molar-refractivity contribution in [3.05, 3.63) is 107 Å². The maximum atomic E-state index is 6.44. The molecule has 0 bridgehead atoms. The summed E-state index contributed by atoms with van der Waals surface area (Å²) in [6.07, 6.45) is 7.84. The third-order valence-electron chi connectivity index (χ3n) is 5.32. The fourth-order valence-corrected chi connectivity index (χ4v) is 4.14. The van der Waals surface area contributed by atoms with Crippen molar-refractivity contribution >= 4 is 22.4 Å². The first-order valence-corrected chi connectivity index (χ1v) is 10.3. The molecule has 0 radical (unpaired) electrons. The Labute approximate surface area is 185 Å². The zero-order valence-corrected chi connectivity index (χ0v) is 17.4. The number of hydrogen-bond acceptors (Lipinski definition) is 2. The third kappa shape index (κ3) is 3.70. The maximum Gasteiger partial charge on any atom is 0.113 e. The van der Waals surface area contributed by atoms with E-state index in [9.17, 15) is 0 Å². The Bertz CT molecular complexity index is 1420. The summed E-state index contributed by atoms with van der Waals surface area (Å²) in [5.41, 5.74) is 5.49. The predicted molar refractivity (Wildman–Crippen MR) is 127 cm³/mol. The van der Waals surface area contributed by atoms with Gasteiger partial charge in [-0.05, 0) is 34.0 Å². The van der Waals surface area contributed by atoms with Crippen LogP contribution < -0.4 is 0 Å². The molecule has 0 amide bonds. The fraction of sp³-hybridized carbons (Fsp3) is 0.0370. The number of benzene rings is 4. The molecule has 0 aliphatic rings. The van der Waals surface area contributed by atoms with Crippen LogP contribution in [0.25, 0.3) is 33.2 Å². The minimum atomic E-state index is 0.574. The Kier molecular flexibility index (Phi) is 5.00. The van der Waals surface area contributed by atoms with Gasteiger partial charge in [-0.3, -0.25) is 0 Å². The normalized spacial score (nSPS) is 10.8. The van der Waals surface area contributed by atoms with E-state index in [2.05, 4.69) is 52.6 Å². The van der Waals surface area contributed by atoms with Crippen molar-refractivity contribution < 1.29 is 0 Å². The summed E-state index contributed by atoms with van der Waals surface area (Å²) in [7, 11) is 0. The molecule has 0 aliphatic heterocycles. The van der Waals surface area contributed by atoms with E-state index in [0.29, 0.717) is 11.6 Å². The van der Waals surface area contributed by atoms with Crippen LogP contribution in [0.5, 0.6) is 0 Å². The largest absolute Gasteiger partial charge is 0.247 e. The van der Waals surface area contributed by atoms with E-state index in [0.717, 1.165) is 44.3 Å². The molecule has 1 heterocycles. The van der Waals surface area contributed by atoms with Crippen LogP contribution in [0.2, 0.25) is 5.02 Å². The maximum absolute atomic E-state index is 6.44. The van der Waals surface area contributed by atoms with Gasteiger partial charge in [-0.25, -0.2) is 4.68 Å². The molecular weight excluding hydrogens is 402 g/mol. The van der Waals surface area contributed by atoms with Gasteiger partial charge < -0.3 is 0 Å². The molecule has 3 nitrogen and oxygen atoms in total. The van der Waals surface area contributed by atoms with Crippen LogP contribution >= 0.6 is 11.6 Å². The molecular formula is C27H18ClN3. The van der Waals surface area contributed by atoms with Crippen molar-refractivity contribution in [2.45, 2.75) is 6.54 Å². The summed E-state index contributed by atoms with van der Waals surface area (Å²) in [4.78, 5) is 0. The summed E-state index contributed by atoms with van der Waals surface area (Å²) in [5, 5.41) is 11.6. The molecule has 5 aromatic rings. The molecule has 0 atom stereocenters. The first-order valence-electron chi connectivity index (χ1n) is 9.95. The summed E-state index contributed by atoms with van der Waals surface area (Å²) < 4.78 is 1.83. The number of rotatable bonds is 4. The molecule has 4 heteroatoms. The number of halogens is 1. The highest BCUT2D eigenvalue weighted by Gasteiger charge is 2.18. The van der Waals surface area contributed by atoms with Gasteiger partial charge in [-0.1, -0.05) is 95.5 Å². The van der Waals surface area contributed by atoms with Crippen LogP contribution in [-0.2, 0) is 6.54 Å². The summed E-state index contributed by atoms with van der Waals surface area (Å²) in [6, 6.07) is 28.4. The zero-order valence-electron chi connectivity index (χ0n) is 16.7. The minimum Gasteiger partial charge on any atom is -0.247 e. The molecule has 0 spiro atoms. The van der Waals surface area contributed by atoms with Gasteiger partial charge in [0.25, 0.3) is 0 Å². The molecule has 0 N–H and O–H groups in total. The highest BCUT2D eigenvalue weighted by atomic mass is 35.5. The van der Waals surface area contributed by atoms with Gasteiger partial charge in [0.15, 0.2) is 0 Å². The molecule has 31 heavy (non-hydrogen) atoms. The first-order chi connectivity index (χ1) is 15.2. The van der Waals surface area contributed by atoms with E-state index >= 15 is 0 Å². The molecule has 148 valence electrons. The number of hydrogen-bond donors (Lipinski definition) is 0. The first kappa shape index (κ1) is 19.1. The minimum absolute atomic E-state index is 0.574. The summed E-state index contributed by atoms with van der Waals surface area (Å²) >= 11 is 6.44. The highest BCUT2D eigenvalue weighted by Crippen LogP contribution is 2.39. The van der Waals surface area contributed by atoms with Gasteiger partial charge in [0.2, 0.25) is 0 Å². The molecule has 0 saturated heterocycles. The van der Waals surface area contributed by atoms with Crippen LogP contribution in [0.4, 0.5) is 0 Å². The number of aromatic nitrogens is 3. The molecule has 0 saturated carbocycles. The van der Waals surface area contributed by atoms with Crippen LogP contribution in [0.1, 0.15) is 11.1 Å². The Morgan fingerprint density at radius 1 is 0.871 bits per heavy atom. The van der Waals surface area contributed by atoms with Gasteiger partial charge in [0.1, 0.15) is 5.69 Å². The van der Waals surface area contributed by atoms with E-state index in [4.69, 9.17) is 18.0 Å². The lowest BCUT2D eigenvalue weighted by molar-refractivity contribution is 0.650. The van der Waals surface area contributed by atoms with Gasteiger partial charge in [-0.15, -0.1) is 11.5 Å². The topological polar surface area (TPSA) is 30.7 Å². The van der Waals surface area contributed by atoms with Gasteiger partial charge >= 0.3 is 0 Å². The lowest BCUT2D eigenvalue weighted by Gasteiger charge is -2.14. The van der Waals surface area contributed by atoms with E-state index in [1.807, 2.05) is 59.4 Å². The quantitative estimate of drug-likeness (QED) is 0.313. The third-order valence-corrected chi connectivity index (χ3v) is 5.54. The molecule has 5 rings (SSSR count). The second-order valence-electron chi connectivity index (χ2n) is 7.33. The Morgan fingerprint density at radius 3 is 2.48 bits per heavy atom. The number of terminal acetylenes is 1. The zero-order chi connectivity index (χ0) is 21.2. The van der Waals surface area contributed by atoms with Crippen molar-refractivity contribution in [2.75, 3.05) is 0 Å². The van der Waals surface area contributed by atoms with Crippen molar-refractivity contribution in [2.24, 2.45) is 0 Å². The van der Waals surface area contributed by atoms with Crippen molar-refractivity contribution in [1.82, 2.24) is 15.0 Å². The van der Waals surface area contributed by atoms with Gasteiger partial charge in [0.05, 0.1) is 12.7 Å². The molecule has 0 aliphatic carbocycles. The monoisotopic (exact) mass is 419 g/mol.